The minimum absolute atomic E-state index is 0. The number of nitrogens with zero attached hydrogens (tertiary/aromatic N) is 5. The van der Waals surface area contributed by atoms with Crippen LogP contribution in [0.25, 0.3) is 0 Å². The lowest BCUT2D eigenvalue weighted by Crippen LogP contribution is -2.48. The monoisotopic (exact) mass is 548 g/mol. The molecule has 8 nitrogen and oxygen atoms in total. The summed E-state index contributed by atoms with van der Waals surface area (Å²) < 4.78 is 7.52. The number of ether oxygens (including phenoxy) is 1. The molecule has 0 saturated carbocycles. The Hall–Kier alpha value is -1.52. The summed E-state index contributed by atoms with van der Waals surface area (Å²) in [6.45, 7) is 14.9. The molecule has 9 heteroatoms. The van der Waals surface area contributed by atoms with E-state index in [2.05, 4.69) is 33.4 Å². The number of halogens is 1. The number of guanidine groups is 1. The lowest BCUT2D eigenvalue weighted by molar-refractivity contribution is 0.0214. The van der Waals surface area contributed by atoms with Gasteiger partial charge in [-0.15, -0.1) is 24.0 Å². The Kier molecular flexibility index (Phi) is 11.6. The van der Waals surface area contributed by atoms with Crippen LogP contribution in [-0.2, 0) is 11.3 Å². The molecule has 0 aliphatic carbocycles. The van der Waals surface area contributed by atoms with Crippen molar-refractivity contribution in [2.24, 2.45) is 10.9 Å². The van der Waals surface area contributed by atoms with Gasteiger partial charge in [-0.2, -0.15) is 5.10 Å². The highest BCUT2D eigenvalue weighted by Crippen LogP contribution is 2.20. The van der Waals surface area contributed by atoms with Gasteiger partial charge < -0.3 is 19.9 Å². The van der Waals surface area contributed by atoms with Crippen LogP contribution in [0, 0.1) is 12.8 Å². The Bertz CT molecular complexity index is 692. The fourth-order valence-electron chi connectivity index (χ4n) is 3.66. The molecule has 1 fully saturated rings. The number of hydrogen-bond acceptors (Lipinski definition) is 4. The third kappa shape index (κ3) is 9.65. The number of nitrogens with one attached hydrogen (secondary N) is 1. The third-order valence-corrected chi connectivity index (χ3v) is 5.25. The molecule has 1 amide bonds. The first-order valence-corrected chi connectivity index (χ1v) is 11.1. The maximum absolute atomic E-state index is 12.4. The molecule has 0 aromatic carbocycles. The topological polar surface area (TPSA) is 75.0 Å². The van der Waals surface area contributed by atoms with E-state index in [-0.39, 0.29) is 30.1 Å². The number of aromatic nitrogens is 2. The molecule has 2 heterocycles. The number of carbonyl (C=O) groups excluding carboxylic acids is 1. The van der Waals surface area contributed by atoms with E-state index in [1.807, 2.05) is 50.5 Å². The zero-order valence-electron chi connectivity index (χ0n) is 20.1. The van der Waals surface area contributed by atoms with Gasteiger partial charge in [0.25, 0.3) is 0 Å². The van der Waals surface area contributed by atoms with Gasteiger partial charge in [-0.1, -0.05) is 0 Å². The van der Waals surface area contributed by atoms with E-state index in [9.17, 15) is 4.79 Å². The molecule has 0 unspecified atom stereocenters. The summed E-state index contributed by atoms with van der Waals surface area (Å²) >= 11 is 0. The van der Waals surface area contributed by atoms with Crippen molar-refractivity contribution in [1.82, 2.24) is 24.9 Å². The average Bonchev–Trinajstić information content (AvgIpc) is 3.10. The van der Waals surface area contributed by atoms with Crippen molar-refractivity contribution in [3.05, 3.63) is 18.0 Å². The van der Waals surface area contributed by atoms with Gasteiger partial charge in [0.1, 0.15) is 5.60 Å². The van der Waals surface area contributed by atoms with Gasteiger partial charge in [-0.25, -0.2) is 4.79 Å². The maximum Gasteiger partial charge on any atom is 0.410 e. The van der Waals surface area contributed by atoms with E-state index in [4.69, 9.17) is 4.74 Å². The summed E-state index contributed by atoms with van der Waals surface area (Å²) in [6, 6.07) is 0. The van der Waals surface area contributed by atoms with Crippen LogP contribution in [0.4, 0.5) is 4.79 Å². The van der Waals surface area contributed by atoms with Gasteiger partial charge >= 0.3 is 6.09 Å². The number of carbonyl (C=O) groups is 1. The number of aryl methyl sites for hydroxylation is 2. The first-order valence-electron chi connectivity index (χ1n) is 11.1. The van der Waals surface area contributed by atoms with Crippen LogP contribution in [0.3, 0.4) is 0 Å². The van der Waals surface area contributed by atoms with E-state index < -0.39 is 5.60 Å². The number of piperidine rings is 1. The minimum atomic E-state index is -0.456. The van der Waals surface area contributed by atoms with Crippen LogP contribution < -0.4 is 5.32 Å². The summed E-state index contributed by atoms with van der Waals surface area (Å²) in [5.41, 5.74) is 0.734. The standard InChI is InChI=1S/C22H40N6O2.HI/c1-7-26(21(29)30-22(3,4)5)17-19-9-13-27(14-10-19)20(23-6)24-11-8-12-28-16-18(2)15-25-28;/h15-16,19H,7-14,17H2,1-6H3,(H,23,24);1H. The van der Waals surface area contributed by atoms with E-state index >= 15 is 0 Å². The molecule has 178 valence electrons. The number of amides is 1. The van der Waals surface area contributed by atoms with Crippen molar-refractivity contribution >= 4 is 36.0 Å². The van der Waals surface area contributed by atoms with E-state index in [1.54, 1.807) is 0 Å². The van der Waals surface area contributed by atoms with E-state index in [0.717, 1.165) is 57.9 Å². The second-order valence-electron chi connectivity index (χ2n) is 9.06. The Labute approximate surface area is 204 Å². The zero-order chi connectivity index (χ0) is 22.1. The van der Waals surface area contributed by atoms with Crippen LogP contribution in [0.1, 0.15) is 52.5 Å². The van der Waals surface area contributed by atoms with Crippen LogP contribution >= 0.6 is 24.0 Å². The van der Waals surface area contributed by atoms with Crippen molar-refractivity contribution < 1.29 is 9.53 Å². The highest BCUT2D eigenvalue weighted by Gasteiger charge is 2.27. The largest absolute Gasteiger partial charge is 0.444 e. The third-order valence-electron chi connectivity index (χ3n) is 5.25. The Morgan fingerprint density at radius 2 is 2.03 bits per heavy atom. The molecule has 1 aromatic heterocycles. The van der Waals surface area contributed by atoms with Gasteiger partial charge in [0.2, 0.25) is 0 Å². The molecule has 0 spiro atoms. The first kappa shape index (κ1) is 27.5. The normalized spacial score (nSPS) is 15.4. The first-order chi connectivity index (χ1) is 14.2. The van der Waals surface area contributed by atoms with Crippen molar-refractivity contribution in [2.75, 3.05) is 39.8 Å². The fraction of sp³-hybridized carbons (Fsp3) is 0.773. The molecule has 0 bridgehead atoms. The van der Waals surface area contributed by atoms with Crippen LogP contribution in [0.5, 0.6) is 0 Å². The van der Waals surface area contributed by atoms with Gasteiger partial charge in [0.05, 0.1) is 6.20 Å². The molecule has 1 N–H and O–H groups in total. The highest BCUT2D eigenvalue weighted by molar-refractivity contribution is 14.0. The van der Waals surface area contributed by atoms with Crippen LogP contribution in [-0.4, -0.2) is 77.0 Å². The van der Waals surface area contributed by atoms with Crippen LogP contribution in [0.2, 0.25) is 0 Å². The summed E-state index contributed by atoms with van der Waals surface area (Å²) in [4.78, 5) is 21.0. The molecule has 31 heavy (non-hydrogen) atoms. The SMILES string of the molecule is CCN(CC1CCN(C(=NC)NCCCn2cc(C)cn2)CC1)C(=O)OC(C)(C)C.I. The second kappa shape index (κ2) is 13.1. The van der Waals surface area contributed by atoms with E-state index in [0.29, 0.717) is 12.5 Å². The smallest absolute Gasteiger partial charge is 0.410 e. The lowest BCUT2D eigenvalue weighted by atomic mass is 9.96. The number of hydrogen-bond donors (Lipinski definition) is 1. The molecule has 0 radical (unpaired) electrons. The summed E-state index contributed by atoms with van der Waals surface area (Å²) in [5.74, 6) is 1.46. The van der Waals surface area contributed by atoms with Crippen molar-refractivity contribution in [3.8, 4) is 0 Å². The van der Waals surface area contributed by atoms with Gasteiger partial charge in [-0.3, -0.25) is 9.67 Å². The fourth-order valence-corrected chi connectivity index (χ4v) is 3.66. The van der Waals surface area contributed by atoms with Gasteiger partial charge in [-0.05, 0) is 65.4 Å². The highest BCUT2D eigenvalue weighted by atomic mass is 127. The molecule has 1 aliphatic rings. The van der Waals surface area contributed by atoms with Crippen molar-refractivity contribution in [2.45, 2.75) is 66.0 Å². The predicted octanol–water partition coefficient (Wildman–Crippen LogP) is 3.74. The molecule has 1 saturated heterocycles. The minimum Gasteiger partial charge on any atom is -0.444 e. The molecule has 1 aliphatic heterocycles. The molecule has 2 rings (SSSR count). The second-order valence-corrected chi connectivity index (χ2v) is 9.06. The zero-order valence-corrected chi connectivity index (χ0v) is 22.4. The van der Waals surface area contributed by atoms with Crippen LogP contribution in [0.15, 0.2) is 17.4 Å². The summed E-state index contributed by atoms with van der Waals surface area (Å²) in [5, 5.41) is 7.80. The predicted molar refractivity (Wildman–Crippen MR) is 136 cm³/mol. The van der Waals surface area contributed by atoms with Gasteiger partial charge in [0.15, 0.2) is 5.96 Å². The quantitative estimate of drug-likeness (QED) is 0.243. The molecule has 0 atom stereocenters. The number of aliphatic imine (C=N–C) groups is 1. The number of rotatable bonds is 7. The van der Waals surface area contributed by atoms with Crippen molar-refractivity contribution in [1.29, 1.82) is 0 Å². The van der Waals surface area contributed by atoms with E-state index in [1.165, 1.54) is 5.56 Å². The Morgan fingerprint density at radius 3 is 2.55 bits per heavy atom. The summed E-state index contributed by atoms with van der Waals surface area (Å²) in [6.07, 6.45) is 6.84. The molecular weight excluding hydrogens is 507 g/mol. The lowest BCUT2D eigenvalue weighted by Gasteiger charge is -2.36. The Balaban J connectivity index is 0.00000480. The van der Waals surface area contributed by atoms with Crippen molar-refractivity contribution in [3.63, 3.8) is 0 Å². The van der Waals surface area contributed by atoms with Gasteiger partial charge in [0, 0.05) is 52.5 Å². The number of likely N-dealkylation sites (tertiary alicyclic amines) is 1. The maximum atomic E-state index is 12.4. The average molecular weight is 549 g/mol. The molecular formula is C22H41IN6O2. The Morgan fingerprint density at radius 1 is 1.35 bits per heavy atom. The summed E-state index contributed by atoms with van der Waals surface area (Å²) in [7, 11) is 1.84. The molecule has 1 aromatic rings.